The number of thioether (sulfide) groups is 2. The summed E-state index contributed by atoms with van der Waals surface area (Å²) in [5, 5.41) is 9.28. The fourth-order valence-corrected chi connectivity index (χ4v) is 3.86. The van der Waals surface area contributed by atoms with Crippen LogP contribution in [0.1, 0.15) is 18.1 Å². The van der Waals surface area contributed by atoms with Crippen molar-refractivity contribution in [1.82, 2.24) is 0 Å². The molecule has 2 aromatic carbocycles. The molecule has 26 heavy (non-hydrogen) atoms. The third-order valence-corrected chi connectivity index (χ3v) is 5.75. The lowest BCUT2D eigenvalue weighted by Gasteiger charge is -2.11. The first kappa shape index (κ1) is 20.0. The van der Waals surface area contributed by atoms with Gasteiger partial charge in [0.25, 0.3) is 0 Å². The number of aliphatic imine (C=N–C) groups is 1. The fourth-order valence-electron chi connectivity index (χ4n) is 2.12. The molecule has 0 aromatic heterocycles. The van der Waals surface area contributed by atoms with Crippen LogP contribution in [-0.2, 0) is 9.59 Å². The maximum absolute atomic E-state index is 11.0. The summed E-state index contributed by atoms with van der Waals surface area (Å²) in [7, 11) is 1.71. The predicted molar refractivity (Wildman–Crippen MR) is 110 cm³/mol. The summed E-state index contributed by atoms with van der Waals surface area (Å²) in [6.07, 6.45) is 2.31. The first-order valence-corrected chi connectivity index (χ1v) is 9.60. The number of aliphatic carboxylic acids is 1. The van der Waals surface area contributed by atoms with Gasteiger partial charge < -0.3 is 5.11 Å². The van der Waals surface area contributed by atoms with E-state index in [0.717, 1.165) is 32.3 Å². The molecule has 0 radical (unpaired) electrons. The average molecular weight is 386 g/mol. The number of hydrogen-bond acceptors (Lipinski definition) is 5. The largest absolute Gasteiger partial charge is 0.480 e. The van der Waals surface area contributed by atoms with Crippen LogP contribution >= 0.6 is 23.5 Å². The molecule has 0 aliphatic rings. The molecule has 1 N–H and O–H groups in total. The molecule has 134 valence electrons. The predicted octanol–water partition coefficient (Wildman–Crippen LogP) is 4.60. The monoisotopic (exact) mass is 385 g/mol. The lowest BCUT2D eigenvalue weighted by Crippen LogP contribution is -2.10. The van der Waals surface area contributed by atoms with Gasteiger partial charge in [-0.3, -0.25) is 14.6 Å². The van der Waals surface area contributed by atoms with E-state index in [4.69, 9.17) is 5.11 Å². The number of carboxylic acids is 1. The number of allylic oxidation sites excluding steroid dienone is 1. The van der Waals surface area contributed by atoms with E-state index in [1.54, 1.807) is 14.0 Å². The molecular formula is C20H19NO3S2. The summed E-state index contributed by atoms with van der Waals surface area (Å²) < 4.78 is 0. The van der Waals surface area contributed by atoms with E-state index < -0.39 is 11.2 Å². The molecule has 0 bridgehead atoms. The highest BCUT2D eigenvalue weighted by atomic mass is 32.2. The molecule has 0 aliphatic carbocycles. The van der Waals surface area contributed by atoms with Crippen molar-refractivity contribution in [2.24, 2.45) is 4.99 Å². The number of aldehydes is 1. The van der Waals surface area contributed by atoms with Crippen LogP contribution in [0.4, 0.5) is 0 Å². The molecule has 4 nitrogen and oxygen atoms in total. The van der Waals surface area contributed by atoms with Crippen LogP contribution < -0.4 is 0 Å². The van der Waals surface area contributed by atoms with Crippen LogP contribution in [0.5, 0.6) is 0 Å². The highest BCUT2D eigenvalue weighted by molar-refractivity contribution is 8.22. The third kappa shape index (κ3) is 5.61. The van der Waals surface area contributed by atoms with Gasteiger partial charge in [-0.05, 0) is 30.7 Å². The molecule has 0 amide bonds. The number of benzene rings is 2. The second-order valence-electron chi connectivity index (χ2n) is 5.29. The van der Waals surface area contributed by atoms with Crippen molar-refractivity contribution in [3.05, 3.63) is 71.8 Å². The lowest BCUT2D eigenvalue weighted by atomic mass is 10.2. The fraction of sp³-hybridized carbons (Fsp3) is 0.150. The van der Waals surface area contributed by atoms with E-state index in [2.05, 4.69) is 4.99 Å². The normalized spacial score (nSPS) is 13.3. The molecule has 1 unspecified atom stereocenters. The molecule has 0 heterocycles. The van der Waals surface area contributed by atoms with Crippen molar-refractivity contribution >= 4 is 45.7 Å². The number of carbonyl (C=O) groups excluding carboxylic acids is 1. The summed E-state index contributed by atoms with van der Waals surface area (Å²) in [6.45, 7) is 1.66. The number of carbonyl (C=O) groups is 2. The SMILES string of the molecule is CN=C(S/C(=C/C=O)c1ccccc1)c1ccc(SC(C)C(=O)O)cc1. The topological polar surface area (TPSA) is 66.7 Å². The first-order chi connectivity index (χ1) is 12.5. The highest BCUT2D eigenvalue weighted by Crippen LogP contribution is 2.31. The Bertz CT molecular complexity index is 815. The van der Waals surface area contributed by atoms with Crippen molar-refractivity contribution < 1.29 is 14.7 Å². The molecule has 2 rings (SSSR count). The van der Waals surface area contributed by atoms with E-state index in [1.807, 2.05) is 54.6 Å². The number of carboxylic acid groups (broad SMARTS) is 1. The Labute approximate surface area is 161 Å². The van der Waals surface area contributed by atoms with Crippen molar-refractivity contribution in [2.45, 2.75) is 17.1 Å². The molecule has 2 aromatic rings. The minimum absolute atomic E-state index is 0.505. The van der Waals surface area contributed by atoms with Crippen molar-refractivity contribution in [2.75, 3.05) is 7.05 Å². The van der Waals surface area contributed by atoms with E-state index in [0.29, 0.717) is 0 Å². The van der Waals surface area contributed by atoms with Gasteiger partial charge >= 0.3 is 5.97 Å². The number of hydrogen-bond donors (Lipinski definition) is 1. The van der Waals surface area contributed by atoms with Crippen LogP contribution in [0, 0.1) is 0 Å². The molecule has 0 aliphatic heterocycles. The Hall–Kier alpha value is -2.31. The van der Waals surface area contributed by atoms with Gasteiger partial charge in [-0.2, -0.15) is 0 Å². The minimum atomic E-state index is -0.836. The Kier molecular flexibility index (Phi) is 7.69. The maximum Gasteiger partial charge on any atom is 0.316 e. The summed E-state index contributed by atoms with van der Waals surface area (Å²) in [5.41, 5.74) is 1.87. The van der Waals surface area contributed by atoms with Crippen LogP contribution in [0.25, 0.3) is 4.91 Å². The standard InChI is InChI=1S/C20H19NO3S2/c1-14(20(23)24)25-17-10-8-16(9-11-17)19(21-2)26-18(12-13-22)15-6-4-3-5-7-15/h3-14H,1-2H3,(H,23,24)/b18-12+,21-19?. The van der Waals surface area contributed by atoms with Crippen molar-refractivity contribution in [3.8, 4) is 0 Å². The third-order valence-electron chi connectivity index (χ3n) is 3.45. The smallest absolute Gasteiger partial charge is 0.316 e. The van der Waals surface area contributed by atoms with E-state index in [9.17, 15) is 9.59 Å². The molecule has 0 saturated carbocycles. The molecule has 0 spiro atoms. The highest BCUT2D eigenvalue weighted by Gasteiger charge is 2.13. The van der Waals surface area contributed by atoms with Gasteiger partial charge in [0.15, 0.2) is 0 Å². The van der Waals surface area contributed by atoms with Crippen LogP contribution in [-0.4, -0.2) is 34.7 Å². The average Bonchev–Trinajstić information content (AvgIpc) is 2.66. The van der Waals surface area contributed by atoms with Gasteiger partial charge in [-0.15, -0.1) is 11.8 Å². The van der Waals surface area contributed by atoms with E-state index >= 15 is 0 Å². The lowest BCUT2D eigenvalue weighted by molar-refractivity contribution is -0.136. The Balaban J connectivity index is 2.19. The zero-order valence-corrected chi connectivity index (χ0v) is 16.1. The second kappa shape index (κ2) is 9.99. The summed E-state index contributed by atoms with van der Waals surface area (Å²) >= 11 is 2.72. The van der Waals surface area contributed by atoms with Gasteiger partial charge in [0.2, 0.25) is 0 Å². The summed E-state index contributed by atoms with van der Waals surface area (Å²) in [6, 6.07) is 17.3. The van der Waals surface area contributed by atoms with Gasteiger partial charge in [0, 0.05) is 22.4 Å². The van der Waals surface area contributed by atoms with Gasteiger partial charge in [-0.1, -0.05) is 54.2 Å². The van der Waals surface area contributed by atoms with Crippen molar-refractivity contribution in [3.63, 3.8) is 0 Å². The summed E-state index contributed by atoms with van der Waals surface area (Å²) in [4.78, 5) is 28.0. The molecule has 0 fully saturated rings. The zero-order chi connectivity index (χ0) is 18.9. The van der Waals surface area contributed by atoms with Crippen molar-refractivity contribution in [1.29, 1.82) is 0 Å². The van der Waals surface area contributed by atoms with Crippen LogP contribution in [0.15, 0.2) is 70.6 Å². The second-order valence-corrected chi connectivity index (χ2v) is 7.73. The zero-order valence-electron chi connectivity index (χ0n) is 14.5. The molecular weight excluding hydrogens is 366 g/mol. The quantitative estimate of drug-likeness (QED) is 0.248. The number of rotatable bonds is 7. The number of nitrogens with zero attached hydrogens (tertiary/aromatic N) is 1. The van der Waals surface area contributed by atoms with Gasteiger partial charge in [0.05, 0.1) is 0 Å². The minimum Gasteiger partial charge on any atom is -0.480 e. The van der Waals surface area contributed by atoms with Crippen LogP contribution in [0.2, 0.25) is 0 Å². The van der Waals surface area contributed by atoms with Gasteiger partial charge in [0.1, 0.15) is 16.6 Å². The van der Waals surface area contributed by atoms with Crippen LogP contribution in [0.3, 0.4) is 0 Å². The van der Waals surface area contributed by atoms with E-state index in [-0.39, 0.29) is 0 Å². The Morgan fingerprint density at radius 1 is 1.08 bits per heavy atom. The van der Waals surface area contributed by atoms with E-state index in [1.165, 1.54) is 29.6 Å². The molecule has 1 atom stereocenters. The Morgan fingerprint density at radius 2 is 1.73 bits per heavy atom. The molecule has 0 saturated heterocycles. The van der Waals surface area contributed by atoms with Gasteiger partial charge in [-0.25, -0.2) is 0 Å². The Morgan fingerprint density at radius 3 is 2.27 bits per heavy atom. The molecule has 6 heteroatoms. The maximum atomic E-state index is 11.0. The summed E-state index contributed by atoms with van der Waals surface area (Å²) in [5.74, 6) is -0.836. The first-order valence-electron chi connectivity index (χ1n) is 7.90.